The number of rotatable bonds is 12. The van der Waals surface area contributed by atoms with Gasteiger partial charge in [-0.2, -0.15) is 5.26 Å². The SMILES string of the molecule is N#Cc1ccccc1Cn1c2cccc(OCC(=O)O)c2c2c(C(N)=O)cccc21.NC(=O)c1cccc2c1c1c(OCC(=O)O)cccc1n2Cc1cccc2ccccc12. The highest BCUT2D eigenvalue weighted by Crippen LogP contribution is 2.40. The summed E-state index contributed by atoms with van der Waals surface area (Å²) < 4.78 is 15.2. The third kappa shape index (κ3) is 7.55. The lowest BCUT2D eigenvalue weighted by Gasteiger charge is -2.11. The van der Waals surface area contributed by atoms with E-state index in [1.807, 2.05) is 65.2 Å². The lowest BCUT2D eigenvalue weighted by Crippen LogP contribution is -2.11. The van der Waals surface area contributed by atoms with Gasteiger partial charge in [0.15, 0.2) is 13.2 Å². The molecule has 0 fully saturated rings. The lowest BCUT2D eigenvalue weighted by molar-refractivity contribution is -0.140. The van der Waals surface area contributed by atoms with E-state index in [2.05, 4.69) is 34.9 Å². The van der Waals surface area contributed by atoms with E-state index in [9.17, 15) is 24.4 Å². The highest BCUT2D eigenvalue weighted by atomic mass is 16.5. The molecule has 0 spiro atoms. The highest BCUT2D eigenvalue weighted by Gasteiger charge is 2.22. The van der Waals surface area contributed by atoms with Crippen molar-refractivity contribution in [2.45, 2.75) is 13.1 Å². The van der Waals surface area contributed by atoms with Crippen LogP contribution in [-0.4, -0.2) is 56.3 Å². The standard InChI is InChI=1S/C26H20N2O4.C23H17N3O4/c27-26(31)19-10-4-11-20-24(19)25-21(12-5-13-22(25)32-15-23(29)30)28(20)14-17-8-3-7-16-6-1-2-9-18(16)17;24-11-14-5-1-2-6-15(14)12-26-17-8-3-7-16(23(25)29)21(17)22-18(26)9-4-10-19(22)30-13-20(27)28/h1-13H,14-15H2,(H2,27,31)(H,29,30);1-10H,12-13H2,(H2,25,29)(H,27,28). The van der Waals surface area contributed by atoms with Crippen molar-refractivity contribution in [1.82, 2.24) is 9.13 Å². The quantitative estimate of drug-likeness (QED) is 0.0944. The van der Waals surface area contributed by atoms with E-state index < -0.39 is 37.0 Å². The van der Waals surface area contributed by atoms with Gasteiger partial charge in [0.2, 0.25) is 11.8 Å². The maximum Gasteiger partial charge on any atom is 0.341 e. The zero-order valence-electron chi connectivity index (χ0n) is 32.9. The number of hydrogen-bond donors (Lipinski definition) is 4. The van der Waals surface area contributed by atoms with Gasteiger partial charge in [-0.3, -0.25) is 9.59 Å². The monoisotopic (exact) mass is 823 g/mol. The number of nitriles is 1. The Labute approximate surface area is 353 Å². The lowest BCUT2D eigenvalue weighted by atomic mass is 10.0. The molecule has 0 bridgehead atoms. The third-order valence-electron chi connectivity index (χ3n) is 10.7. The Morgan fingerprint density at radius 2 is 0.935 bits per heavy atom. The molecule has 0 aliphatic heterocycles. The fourth-order valence-electron chi connectivity index (χ4n) is 8.12. The van der Waals surface area contributed by atoms with Gasteiger partial charge >= 0.3 is 11.9 Å². The number of carboxylic acids is 2. The first-order valence-electron chi connectivity index (χ1n) is 19.4. The highest BCUT2D eigenvalue weighted by molar-refractivity contribution is 6.21. The van der Waals surface area contributed by atoms with E-state index in [1.165, 1.54) is 0 Å². The molecule has 6 N–H and O–H groups in total. The van der Waals surface area contributed by atoms with Crippen LogP contribution in [-0.2, 0) is 22.7 Å². The van der Waals surface area contributed by atoms with Gasteiger partial charge in [0.1, 0.15) is 11.5 Å². The Balaban J connectivity index is 0.000000171. The predicted octanol–water partition coefficient (Wildman–Crippen LogP) is 7.84. The van der Waals surface area contributed by atoms with E-state index >= 15 is 0 Å². The number of ether oxygens (including phenoxy) is 2. The van der Waals surface area contributed by atoms with Crippen molar-refractivity contribution in [2.75, 3.05) is 13.2 Å². The second kappa shape index (κ2) is 16.9. The number of carboxylic acid groups (broad SMARTS) is 2. The Bertz CT molecular complexity index is 3300. The van der Waals surface area contributed by atoms with Crippen LogP contribution in [0.3, 0.4) is 0 Å². The topological polar surface area (TPSA) is 213 Å². The maximum absolute atomic E-state index is 12.3. The Morgan fingerprint density at radius 1 is 0.516 bits per heavy atom. The number of carbonyl (C=O) groups is 4. The molecular formula is C49H37N5O8. The van der Waals surface area contributed by atoms with Crippen molar-refractivity contribution in [3.8, 4) is 17.6 Å². The summed E-state index contributed by atoms with van der Waals surface area (Å²) in [6, 6.07) is 45.3. The first kappa shape index (κ1) is 40.2. The Hall–Kier alpha value is -8.63. The molecule has 0 atom stereocenters. The number of nitrogens with two attached hydrogens (primary N) is 2. The number of carbonyl (C=O) groups excluding carboxylic acids is 2. The molecule has 0 radical (unpaired) electrons. The number of benzene rings is 7. The Kier molecular flexibility index (Phi) is 11.0. The largest absolute Gasteiger partial charge is 0.481 e. The van der Waals surface area contributed by atoms with Crippen molar-refractivity contribution in [3.63, 3.8) is 0 Å². The fraction of sp³-hybridized carbons (Fsp3) is 0.0816. The molecule has 2 amide bonds. The summed E-state index contributed by atoms with van der Waals surface area (Å²) in [4.78, 5) is 46.5. The van der Waals surface area contributed by atoms with Gasteiger partial charge in [-0.15, -0.1) is 0 Å². The van der Waals surface area contributed by atoms with Crippen LogP contribution in [0, 0.1) is 11.3 Å². The summed E-state index contributed by atoms with van der Waals surface area (Å²) in [5.74, 6) is -2.57. The van der Waals surface area contributed by atoms with E-state index in [0.717, 1.165) is 44.0 Å². The molecule has 2 heterocycles. The number of fused-ring (bicyclic) bond motifs is 7. The van der Waals surface area contributed by atoms with E-state index in [1.54, 1.807) is 54.6 Å². The van der Waals surface area contributed by atoms with E-state index in [-0.39, 0.29) is 0 Å². The Morgan fingerprint density at radius 3 is 1.45 bits per heavy atom. The number of aliphatic carboxylic acids is 2. The van der Waals surface area contributed by atoms with Crippen molar-refractivity contribution in [3.05, 3.63) is 167 Å². The van der Waals surface area contributed by atoms with Gasteiger partial charge < -0.3 is 40.3 Å². The van der Waals surface area contributed by atoms with Gasteiger partial charge in [-0.25, -0.2) is 9.59 Å². The molecule has 0 saturated carbocycles. The van der Waals surface area contributed by atoms with Crippen LogP contribution >= 0.6 is 0 Å². The van der Waals surface area contributed by atoms with E-state index in [0.29, 0.717) is 62.8 Å². The molecule has 306 valence electrons. The van der Waals surface area contributed by atoms with Crippen LogP contribution in [0.4, 0.5) is 0 Å². The van der Waals surface area contributed by atoms with Crippen LogP contribution < -0.4 is 20.9 Å². The summed E-state index contributed by atoms with van der Waals surface area (Å²) in [6.45, 7) is -0.0457. The third-order valence-corrected chi connectivity index (χ3v) is 10.7. The van der Waals surface area contributed by atoms with Gasteiger partial charge in [0, 0.05) is 35.0 Å². The fourth-order valence-corrected chi connectivity index (χ4v) is 8.12. The minimum Gasteiger partial charge on any atom is -0.481 e. The summed E-state index contributed by atoms with van der Waals surface area (Å²) >= 11 is 0. The molecule has 7 aromatic carbocycles. The van der Waals surface area contributed by atoms with Crippen LogP contribution in [0.25, 0.3) is 54.4 Å². The molecule has 0 unspecified atom stereocenters. The number of amides is 2. The summed E-state index contributed by atoms with van der Waals surface area (Å²) in [5, 5.41) is 32.4. The molecule has 13 nitrogen and oxygen atoms in total. The van der Waals surface area contributed by atoms with Crippen molar-refractivity contribution in [2.24, 2.45) is 11.5 Å². The van der Waals surface area contributed by atoms with Crippen LogP contribution in [0.1, 0.15) is 37.4 Å². The van der Waals surface area contributed by atoms with Gasteiger partial charge in [0.05, 0.1) is 44.5 Å². The molecule has 0 aliphatic carbocycles. The van der Waals surface area contributed by atoms with Crippen LogP contribution in [0.15, 0.2) is 140 Å². The summed E-state index contributed by atoms with van der Waals surface area (Å²) in [5.41, 5.74) is 17.7. The number of nitrogens with zero attached hydrogens (tertiary/aromatic N) is 3. The van der Waals surface area contributed by atoms with Crippen LogP contribution in [0.5, 0.6) is 11.5 Å². The molecule has 13 heteroatoms. The zero-order chi connectivity index (χ0) is 43.5. The number of hydrogen-bond acceptors (Lipinski definition) is 7. The number of primary amides is 2. The minimum atomic E-state index is -1.10. The summed E-state index contributed by atoms with van der Waals surface area (Å²) in [6.07, 6.45) is 0. The maximum atomic E-state index is 12.3. The second-order valence-corrected chi connectivity index (χ2v) is 14.4. The molecule has 2 aromatic heterocycles. The average molecular weight is 824 g/mol. The first-order chi connectivity index (χ1) is 30.0. The number of aromatic nitrogens is 2. The second-order valence-electron chi connectivity index (χ2n) is 14.4. The van der Waals surface area contributed by atoms with Gasteiger partial charge in [-0.05, 0) is 76.5 Å². The molecule has 0 saturated heterocycles. The van der Waals surface area contributed by atoms with Gasteiger partial charge in [-0.1, -0.05) is 84.9 Å². The minimum absolute atomic E-state index is 0.316. The van der Waals surface area contributed by atoms with Crippen molar-refractivity contribution < 1.29 is 38.9 Å². The van der Waals surface area contributed by atoms with Gasteiger partial charge in [0.25, 0.3) is 0 Å². The molecule has 9 rings (SSSR count). The average Bonchev–Trinajstić information content (AvgIpc) is 3.78. The molecule has 0 aliphatic rings. The van der Waals surface area contributed by atoms with Crippen molar-refractivity contribution in [1.29, 1.82) is 5.26 Å². The first-order valence-corrected chi connectivity index (χ1v) is 19.4. The smallest absolute Gasteiger partial charge is 0.341 e. The van der Waals surface area contributed by atoms with E-state index in [4.69, 9.17) is 31.2 Å². The zero-order valence-corrected chi connectivity index (χ0v) is 32.9. The normalized spacial score (nSPS) is 11.0. The summed E-state index contributed by atoms with van der Waals surface area (Å²) in [7, 11) is 0. The molecular weight excluding hydrogens is 787 g/mol. The predicted molar refractivity (Wildman–Crippen MR) is 235 cm³/mol. The van der Waals surface area contributed by atoms with Crippen molar-refractivity contribution >= 4 is 78.1 Å². The molecule has 9 aromatic rings. The molecule has 62 heavy (non-hydrogen) atoms. The van der Waals surface area contributed by atoms with Crippen LogP contribution in [0.2, 0.25) is 0 Å².